The summed E-state index contributed by atoms with van der Waals surface area (Å²) in [6.45, 7) is 2.35. The summed E-state index contributed by atoms with van der Waals surface area (Å²) in [6.07, 6.45) is 2.61. The molecule has 1 aromatic heterocycles. The minimum Gasteiger partial charge on any atom is -0.358 e. The zero-order valence-corrected chi connectivity index (χ0v) is 19.3. The lowest BCUT2D eigenvalue weighted by molar-refractivity contribution is -0.123. The average Bonchev–Trinajstić information content (AvgIpc) is 3.15. The molecule has 2 aliphatic heterocycles. The van der Waals surface area contributed by atoms with Crippen LogP contribution in [-0.4, -0.2) is 62.7 Å². The van der Waals surface area contributed by atoms with Crippen LogP contribution in [0.3, 0.4) is 0 Å². The third kappa shape index (κ3) is 4.04. The number of piperidine rings is 1. The van der Waals surface area contributed by atoms with Gasteiger partial charge in [-0.15, -0.1) is 11.3 Å². The third-order valence-electron chi connectivity index (χ3n) is 5.55. The first-order valence-electron chi connectivity index (χ1n) is 10.0. The van der Waals surface area contributed by atoms with E-state index in [1.54, 1.807) is 12.1 Å². The van der Waals surface area contributed by atoms with Crippen molar-refractivity contribution in [3.05, 3.63) is 29.3 Å². The van der Waals surface area contributed by atoms with Gasteiger partial charge in [0.1, 0.15) is 12.6 Å². The first-order valence-corrected chi connectivity index (χ1v) is 12.4. The van der Waals surface area contributed by atoms with Crippen molar-refractivity contribution in [2.75, 3.05) is 42.3 Å². The van der Waals surface area contributed by atoms with Crippen LogP contribution in [0.25, 0.3) is 0 Å². The van der Waals surface area contributed by atoms with Gasteiger partial charge in [-0.2, -0.15) is 0 Å². The Morgan fingerprint density at radius 3 is 2.74 bits per heavy atom. The van der Waals surface area contributed by atoms with Crippen molar-refractivity contribution in [2.45, 2.75) is 37.1 Å². The summed E-state index contributed by atoms with van der Waals surface area (Å²) in [5.74, 6) is -0.559. The van der Waals surface area contributed by atoms with Gasteiger partial charge in [-0.1, -0.05) is 0 Å². The van der Waals surface area contributed by atoms with E-state index in [9.17, 15) is 18.0 Å². The number of carbonyl (C=O) groups excluding carboxylic acids is 2. The van der Waals surface area contributed by atoms with Gasteiger partial charge in [0.2, 0.25) is 21.8 Å². The second-order valence-electron chi connectivity index (χ2n) is 7.91. The standard InChI is InChI=1S/C20H25N5O4S2/c1-13-12-30-20(21-13)22-18(26)11-25-17-10-14(31(28,29)23(2)3)7-8-15(17)24-9-5-4-6-16(24)19(25)27/h7-8,10,12,16H,4-6,9,11H2,1-3H3,(H,21,22,26). The molecule has 1 fully saturated rings. The van der Waals surface area contributed by atoms with Gasteiger partial charge in [0, 0.05) is 26.0 Å². The quantitative estimate of drug-likeness (QED) is 0.728. The molecule has 1 unspecified atom stereocenters. The topological polar surface area (TPSA) is 103 Å². The highest BCUT2D eigenvalue weighted by molar-refractivity contribution is 7.89. The van der Waals surface area contributed by atoms with Crippen molar-refractivity contribution in [2.24, 2.45) is 0 Å². The number of amides is 2. The fraction of sp³-hybridized carbons (Fsp3) is 0.450. The number of benzene rings is 1. The second kappa shape index (κ2) is 8.21. The number of carbonyl (C=O) groups is 2. The van der Waals surface area contributed by atoms with Crippen molar-refractivity contribution in [3.63, 3.8) is 0 Å². The van der Waals surface area contributed by atoms with E-state index in [-0.39, 0.29) is 29.3 Å². The Hall–Kier alpha value is -2.50. The maximum absolute atomic E-state index is 13.3. The number of sulfonamides is 1. The van der Waals surface area contributed by atoms with Crippen molar-refractivity contribution in [3.8, 4) is 0 Å². The largest absolute Gasteiger partial charge is 0.358 e. The summed E-state index contributed by atoms with van der Waals surface area (Å²) < 4.78 is 26.5. The molecule has 1 atom stereocenters. The normalized spacial score (nSPS) is 18.7. The zero-order valence-electron chi connectivity index (χ0n) is 17.7. The maximum atomic E-state index is 13.3. The highest BCUT2D eigenvalue weighted by atomic mass is 32.2. The van der Waals surface area contributed by atoms with E-state index in [1.807, 2.05) is 17.2 Å². The Labute approximate surface area is 185 Å². The maximum Gasteiger partial charge on any atom is 0.250 e. The molecule has 1 aromatic carbocycles. The molecule has 2 aliphatic rings. The van der Waals surface area contributed by atoms with Gasteiger partial charge in [-0.05, 0) is 44.4 Å². The third-order valence-corrected chi connectivity index (χ3v) is 8.23. The summed E-state index contributed by atoms with van der Waals surface area (Å²) in [6, 6.07) is 4.46. The number of nitrogens with one attached hydrogen (secondary N) is 1. The fourth-order valence-corrected chi connectivity index (χ4v) is 5.61. The molecule has 0 bridgehead atoms. The number of rotatable bonds is 5. The van der Waals surface area contributed by atoms with Crippen LogP contribution in [0.15, 0.2) is 28.5 Å². The van der Waals surface area contributed by atoms with Crippen LogP contribution >= 0.6 is 11.3 Å². The minimum absolute atomic E-state index is 0.0838. The van der Waals surface area contributed by atoms with Gasteiger partial charge in [-0.3, -0.25) is 14.5 Å². The first kappa shape index (κ1) is 21.7. The van der Waals surface area contributed by atoms with E-state index in [2.05, 4.69) is 10.3 Å². The molecule has 0 saturated carbocycles. The number of aryl methyl sites for hydroxylation is 1. The molecule has 4 rings (SSSR count). The van der Waals surface area contributed by atoms with Gasteiger partial charge in [0.25, 0.3) is 0 Å². The molecule has 3 heterocycles. The summed E-state index contributed by atoms with van der Waals surface area (Å²) in [7, 11) is -0.767. The van der Waals surface area contributed by atoms with Crippen molar-refractivity contribution >= 4 is 49.7 Å². The van der Waals surface area contributed by atoms with Crippen LogP contribution in [0.4, 0.5) is 16.5 Å². The van der Waals surface area contributed by atoms with Crippen molar-refractivity contribution < 1.29 is 18.0 Å². The Kier molecular flexibility index (Phi) is 5.75. The molecule has 2 amide bonds. The summed E-state index contributed by atoms with van der Waals surface area (Å²) in [5.41, 5.74) is 2.02. The SMILES string of the molecule is Cc1csc(NC(=O)CN2C(=O)C3CCCCN3c3ccc(S(=O)(=O)N(C)C)cc32)n1. The first-order chi connectivity index (χ1) is 14.7. The Morgan fingerprint density at radius 1 is 1.29 bits per heavy atom. The number of anilines is 3. The Bertz CT molecular complexity index is 1130. The molecule has 11 heteroatoms. The van der Waals surface area contributed by atoms with Crippen molar-refractivity contribution in [1.82, 2.24) is 9.29 Å². The molecular weight excluding hydrogens is 438 g/mol. The molecule has 2 aromatic rings. The van der Waals surface area contributed by atoms with Gasteiger partial charge in [0.15, 0.2) is 5.13 Å². The van der Waals surface area contributed by atoms with Crippen LogP contribution in [0.1, 0.15) is 25.0 Å². The van der Waals surface area contributed by atoms with E-state index in [0.29, 0.717) is 17.2 Å². The summed E-state index contributed by atoms with van der Waals surface area (Å²) >= 11 is 1.31. The van der Waals surface area contributed by atoms with Gasteiger partial charge >= 0.3 is 0 Å². The lowest BCUT2D eigenvalue weighted by Crippen LogP contribution is -2.56. The zero-order chi connectivity index (χ0) is 22.3. The summed E-state index contributed by atoms with van der Waals surface area (Å²) in [5, 5.41) is 5.03. The van der Waals surface area contributed by atoms with E-state index >= 15 is 0 Å². The molecule has 1 N–H and O–H groups in total. The highest BCUT2D eigenvalue weighted by Gasteiger charge is 2.40. The second-order valence-corrected chi connectivity index (χ2v) is 10.9. The Balaban J connectivity index is 1.71. The van der Waals surface area contributed by atoms with Crippen molar-refractivity contribution in [1.29, 1.82) is 0 Å². The molecule has 166 valence electrons. The van der Waals surface area contributed by atoms with E-state index in [0.717, 1.165) is 35.1 Å². The number of aromatic nitrogens is 1. The van der Waals surface area contributed by atoms with Crippen LogP contribution < -0.4 is 15.1 Å². The average molecular weight is 464 g/mol. The number of thiazole rings is 1. The van der Waals surface area contributed by atoms with E-state index in [4.69, 9.17) is 0 Å². The molecule has 0 radical (unpaired) electrons. The minimum atomic E-state index is -3.69. The predicted molar refractivity (Wildman–Crippen MR) is 120 cm³/mol. The lowest BCUT2D eigenvalue weighted by atomic mass is 9.96. The number of fused-ring (bicyclic) bond motifs is 3. The highest BCUT2D eigenvalue weighted by Crippen LogP contribution is 2.40. The molecule has 0 spiro atoms. The molecule has 1 saturated heterocycles. The van der Waals surface area contributed by atoms with Gasteiger partial charge in [-0.25, -0.2) is 17.7 Å². The molecular formula is C20H25N5O4S2. The van der Waals surface area contributed by atoms with E-state index < -0.39 is 10.0 Å². The lowest BCUT2D eigenvalue weighted by Gasteiger charge is -2.45. The predicted octanol–water partition coefficient (Wildman–Crippen LogP) is 2.05. The molecule has 9 nitrogen and oxygen atoms in total. The fourth-order valence-electron chi connectivity index (χ4n) is 3.99. The molecule has 0 aliphatic carbocycles. The van der Waals surface area contributed by atoms with Crippen LogP contribution in [0, 0.1) is 6.92 Å². The Morgan fingerprint density at radius 2 is 2.06 bits per heavy atom. The smallest absolute Gasteiger partial charge is 0.250 e. The van der Waals surface area contributed by atoms with Crippen LogP contribution in [-0.2, 0) is 19.6 Å². The molecule has 31 heavy (non-hydrogen) atoms. The van der Waals surface area contributed by atoms with E-state index in [1.165, 1.54) is 36.4 Å². The monoisotopic (exact) mass is 463 g/mol. The number of hydrogen-bond donors (Lipinski definition) is 1. The van der Waals surface area contributed by atoms with Gasteiger partial charge in [0.05, 0.1) is 22.0 Å². The van der Waals surface area contributed by atoms with Gasteiger partial charge < -0.3 is 10.2 Å². The van der Waals surface area contributed by atoms with Crippen LogP contribution in [0.5, 0.6) is 0 Å². The summed E-state index contributed by atoms with van der Waals surface area (Å²) in [4.78, 5) is 33.8. The number of nitrogens with zero attached hydrogens (tertiary/aromatic N) is 4. The van der Waals surface area contributed by atoms with Crippen LogP contribution in [0.2, 0.25) is 0 Å². The number of hydrogen-bond acceptors (Lipinski definition) is 7.